The van der Waals surface area contributed by atoms with Crippen LogP contribution in [-0.2, 0) is 9.53 Å². The minimum Gasteiger partial charge on any atom is -0.486 e. The van der Waals surface area contributed by atoms with Gasteiger partial charge in [-0.1, -0.05) is 12.1 Å². The Morgan fingerprint density at radius 3 is 2.25 bits per heavy atom. The second kappa shape index (κ2) is 8.69. The van der Waals surface area contributed by atoms with E-state index in [1.165, 1.54) is 0 Å². The average Bonchev–Trinajstić information content (AvgIpc) is 2.71. The molecule has 28 heavy (non-hydrogen) atoms. The highest BCUT2D eigenvalue weighted by Gasteiger charge is 2.17. The van der Waals surface area contributed by atoms with Crippen LogP contribution in [0.3, 0.4) is 0 Å². The van der Waals surface area contributed by atoms with Gasteiger partial charge in [0.2, 0.25) is 0 Å². The van der Waals surface area contributed by atoms with Crippen LogP contribution in [0.4, 0.5) is 0 Å². The van der Waals surface area contributed by atoms with Crippen molar-refractivity contribution in [2.24, 2.45) is 0 Å². The van der Waals surface area contributed by atoms with E-state index in [9.17, 15) is 14.4 Å². The summed E-state index contributed by atoms with van der Waals surface area (Å²) in [5, 5.41) is 0. The number of hydrogen-bond acceptors (Lipinski definition) is 6. The number of ether oxygens (including phenoxy) is 3. The zero-order valence-electron chi connectivity index (χ0n) is 15.9. The summed E-state index contributed by atoms with van der Waals surface area (Å²) in [6.45, 7) is 4.42. The summed E-state index contributed by atoms with van der Waals surface area (Å²) < 4.78 is 15.9. The third kappa shape index (κ3) is 4.76. The molecule has 3 rings (SSSR count). The maximum Gasteiger partial charge on any atom is 0.306 e. The van der Waals surface area contributed by atoms with Gasteiger partial charge in [0.25, 0.3) is 0 Å². The maximum absolute atomic E-state index is 12.2. The molecule has 6 heteroatoms. The Kier molecular flexibility index (Phi) is 6.09. The Hall–Kier alpha value is -3.15. The van der Waals surface area contributed by atoms with Gasteiger partial charge in [0.1, 0.15) is 13.2 Å². The number of esters is 1. The molecule has 0 unspecified atom stereocenters. The largest absolute Gasteiger partial charge is 0.486 e. The van der Waals surface area contributed by atoms with Crippen molar-refractivity contribution in [3.63, 3.8) is 0 Å². The number of rotatable bonds is 7. The lowest BCUT2D eigenvalue weighted by Gasteiger charge is -2.18. The first-order chi connectivity index (χ1) is 13.4. The number of Topliss-reactive ketones (excluding diaryl/α,β-unsaturated/α-hetero) is 2. The van der Waals surface area contributed by atoms with Gasteiger partial charge in [-0.15, -0.1) is 0 Å². The number of benzene rings is 2. The van der Waals surface area contributed by atoms with E-state index in [4.69, 9.17) is 14.2 Å². The fourth-order valence-corrected chi connectivity index (χ4v) is 2.79. The molecule has 146 valence electrons. The zero-order chi connectivity index (χ0) is 20.1. The Labute approximate surface area is 163 Å². The fraction of sp³-hybridized carbons (Fsp3) is 0.318. The summed E-state index contributed by atoms with van der Waals surface area (Å²) in [4.78, 5) is 36.3. The van der Waals surface area contributed by atoms with Crippen LogP contribution >= 0.6 is 0 Å². The van der Waals surface area contributed by atoms with Crippen LogP contribution in [0.1, 0.15) is 44.7 Å². The first-order valence-electron chi connectivity index (χ1n) is 9.13. The van der Waals surface area contributed by atoms with E-state index in [0.717, 1.165) is 11.1 Å². The standard InChI is InChI=1S/C22H22O6/c1-14-3-4-16(11-15(14)2)18(23)6-8-22(25)28-13-19(24)17-5-7-20-21(12-17)27-10-9-26-20/h3-5,7,11-12H,6,8-10,13H2,1-2H3. The molecule has 0 saturated heterocycles. The fourth-order valence-electron chi connectivity index (χ4n) is 2.79. The molecule has 0 bridgehead atoms. The van der Waals surface area contributed by atoms with Crippen molar-refractivity contribution in [1.82, 2.24) is 0 Å². The highest BCUT2D eigenvalue weighted by molar-refractivity contribution is 5.99. The molecule has 1 heterocycles. The van der Waals surface area contributed by atoms with Gasteiger partial charge in [0.15, 0.2) is 29.7 Å². The van der Waals surface area contributed by atoms with E-state index in [1.807, 2.05) is 26.0 Å². The third-order valence-electron chi connectivity index (χ3n) is 4.61. The minimum absolute atomic E-state index is 0.0412. The number of aryl methyl sites for hydroxylation is 2. The number of ketones is 2. The molecule has 0 saturated carbocycles. The van der Waals surface area contributed by atoms with Crippen LogP contribution < -0.4 is 9.47 Å². The molecule has 0 N–H and O–H groups in total. The van der Waals surface area contributed by atoms with Gasteiger partial charge in [-0.25, -0.2) is 0 Å². The van der Waals surface area contributed by atoms with Crippen LogP contribution in [0.25, 0.3) is 0 Å². The lowest BCUT2D eigenvalue weighted by atomic mass is 10.0. The predicted molar refractivity (Wildman–Crippen MR) is 102 cm³/mol. The second-order valence-electron chi connectivity index (χ2n) is 6.66. The van der Waals surface area contributed by atoms with Gasteiger partial charge in [0, 0.05) is 17.5 Å². The predicted octanol–water partition coefficient (Wildman–Crippen LogP) is 3.46. The molecule has 2 aromatic carbocycles. The van der Waals surface area contributed by atoms with Gasteiger partial charge >= 0.3 is 5.97 Å². The summed E-state index contributed by atoms with van der Waals surface area (Å²) in [5.41, 5.74) is 3.08. The van der Waals surface area contributed by atoms with E-state index < -0.39 is 5.97 Å². The Bertz CT molecular complexity index is 915. The monoisotopic (exact) mass is 382 g/mol. The van der Waals surface area contributed by atoms with Crippen molar-refractivity contribution in [1.29, 1.82) is 0 Å². The quantitative estimate of drug-likeness (QED) is 0.539. The highest BCUT2D eigenvalue weighted by atomic mass is 16.6. The molecule has 6 nitrogen and oxygen atoms in total. The molecular weight excluding hydrogens is 360 g/mol. The molecule has 0 aromatic heterocycles. The minimum atomic E-state index is -0.580. The Morgan fingerprint density at radius 2 is 1.50 bits per heavy atom. The first kappa shape index (κ1) is 19.6. The van der Waals surface area contributed by atoms with Crippen LogP contribution in [0.15, 0.2) is 36.4 Å². The zero-order valence-corrected chi connectivity index (χ0v) is 15.9. The van der Waals surface area contributed by atoms with Crippen LogP contribution in [0, 0.1) is 13.8 Å². The van der Waals surface area contributed by atoms with Crippen LogP contribution in [-0.4, -0.2) is 37.4 Å². The van der Waals surface area contributed by atoms with Crippen molar-refractivity contribution >= 4 is 17.5 Å². The first-order valence-corrected chi connectivity index (χ1v) is 9.13. The molecule has 0 fully saturated rings. The summed E-state index contributed by atoms with van der Waals surface area (Å²) in [7, 11) is 0. The van der Waals surface area contributed by atoms with Crippen molar-refractivity contribution < 1.29 is 28.6 Å². The van der Waals surface area contributed by atoms with E-state index >= 15 is 0 Å². The smallest absolute Gasteiger partial charge is 0.306 e. The summed E-state index contributed by atoms with van der Waals surface area (Å²) in [6, 6.07) is 10.3. The Morgan fingerprint density at radius 1 is 0.821 bits per heavy atom. The lowest BCUT2D eigenvalue weighted by Crippen LogP contribution is -2.17. The summed E-state index contributed by atoms with van der Waals surface area (Å²) >= 11 is 0. The number of carbonyl (C=O) groups excluding carboxylic acids is 3. The number of hydrogen-bond donors (Lipinski definition) is 0. The highest BCUT2D eigenvalue weighted by Crippen LogP contribution is 2.30. The molecule has 0 amide bonds. The van der Waals surface area contributed by atoms with Crippen molar-refractivity contribution in [2.45, 2.75) is 26.7 Å². The van der Waals surface area contributed by atoms with Gasteiger partial charge in [-0.05, 0) is 49.2 Å². The van der Waals surface area contributed by atoms with Crippen molar-refractivity contribution in [2.75, 3.05) is 19.8 Å². The van der Waals surface area contributed by atoms with Gasteiger partial charge in [-0.3, -0.25) is 14.4 Å². The van der Waals surface area contributed by atoms with E-state index in [0.29, 0.717) is 35.8 Å². The normalized spacial score (nSPS) is 12.4. The lowest BCUT2D eigenvalue weighted by molar-refractivity contribution is -0.142. The second-order valence-corrected chi connectivity index (χ2v) is 6.66. The van der Waals surface area contributed by atoms with E-state index in [2.05, 4.69) is 0 Å². The van der Waals surface area contributed by atoms with Crippen molar-refractivity contribution in [3.05, 3.63) is 58.7 Å². The van der Waals surface area contributed by atoms with E-state index in [1.54, 1.807) is 24.3 Å². The molecule has 0 atom stereocenters. The number of carbonyl (C=O) groups is 3. The van der Waals surface area contributed by atoms with Gasteiger partial charge in [0.05, 0.1) is 6.42 Å². The molecule has 1 aliphatic rings. The molecule has 0 aliphatic carbocycles. The number of fused-ring (bicyclic) bond motifs is 1. The summed E-state index contributed by atoms with van der Waals surface area (Å²) in [5.74, 6) is 0.0409. The molecule has 1 aliphatic heterocycles. The third-order valence-corrected chi connectivity index (χ3v) is 4.61. The molecule has 0 radical (unpaired) electrons. The molecule has 0 spiro atoms. The topological polar surface area (TPSA) is 78.9 Å². The van der Waals surface area contributed by atoms with Crippen LogP contribution in [0.5, 0.6) is 11.5 Å². The van der Waals surface area contributed by atoms with Gasteiger partial charge in [-0.2, -0.15) is 0 Å². The average molecular weight is 382 g/mol. The van der Waals surface area contributed by atoms with Crippen LogP contribution in [0.2, 0.25) is 0 Å². The summed E-state index contributed by atoms with van der Waals surface area (Å²) in [6.07, 6.45) is -0.0281. The molecule has 2 aromatic rings. The maximum atomic E-state index is 12.2. The Balaban J connectivity index is 1.48. The van der Waals surface area contributed by atoms with Crippen molar-refractivity contribution in [3.8, 4) is 11.5 Å². The SMILES string of the molecule is Cc1ccc(C(=O)CCC(=O)OCC(=O)c2ccc3c(c2)OCCO3)cc1C. The van der Waals surface area contributed by atoms with Gasteiger partial charge < -0.3 is 14.2 Å². The van der Waals surface area contributed by atoms with E-state index in [-0.39, 0.29) is 31.0 Å². The molecular formula is C22H22O6.